The van der Waals surface area contributed by atoms with Crippen LogP contribution >= 0.6 is 0 Å². The Kier molecular flexibility index (Phi) is 2.21. The molecule has 0 N–H and O–H groups in total. The van der Waals surface area contributed by atoms with E-state index in [4.69, 9.17) is 0 Å². The molecule has 2 rings (SSSR count). The van der Waals surface area contributed by atoms with Crippen molar-refractivity contribution in [3.63, 3.8) is 0 Å². The van der Waals surface area contributed by atoms with Crippen molar-refractivity contribution in [1.82, 2.24) is 9.78 Å². The van der Waals surface area contributed by atoms with Crippen LogP contribution in [0.3, 0.4) is 0 Å². The van der Waals surface area contributed by atoms with E-state index < -0.39 is 4.92 Å². The summed E-state index contributed by atoms with van der Waals surface area (Å²) < 4.78 is 1.68. The fourth-order valence-electron chi connectivity index (χ4n) is 1.28. The zero-order valence-corrected chi connectivity index (χ0v) is 8.12. The Balaban J connectivity index is 2.35. The second kappa shape index (κ2) is 3.53. The molecule has 1 heterocycles. The van der Waals surface area contributed by atoms with Gasteiger partial charge in [0.1, 0.15) is 0 Å². The minimum absolute atomic E-state index is 0.0858. The lowest BCUT2D eigenvalue weighted by molar-refractivity contribution is -0.384. The van der Waals surface area contributed by atoms with E-state index in [1.54, 1.807) is 23.0 Å². The van der Waals surface area contributed by atoms with Gasteiger partial charge in [0.15, 0.2) is 0 Å². The van der Waals surface area contributed by atoms with E-state index in [0.717, 1.165) is 11.3 Å². The molecule has 2 aromatic rings. The monoisotopic (exact) mass is 203 g/mol. The smallest absolute Gasteiger partial charge is 0.258 e. The van der Waals surface area contributed by atoms with Crippen molar-refractivity contribution in [3.05, 3.63) is 52.3 Å². The van der Waals surface area contributed by atoms with E-state index in [-0.39, 0.29) is 5.69 Å². The summed E-state index contributed by atoms with van der Waals surface area (Å²) in [5.74, 6) is 0. The first-order chi connectivity index (χ1) is 7.16. The molecule has 0 saturated heterocycles. The summed E-state index contributed by atoms with van der Waals surface area (Å²) in [5, 5.41) is 14.5. The summed E-state index contributed by atoms with van der Waals surface area (Å²) >= 11 is 0. The van der Waals surface area contributed by atoms with Crippen LogP contribution in [-0.2, 0) is 0 Å². The van der Waals surface area contributed by atoms with Gasteiger partial charge in [-0.1, -0.05) is 0 Å². The first-order valence-corrected chi connectivity index (χ1v) is 4.43. The molecule has 0 aliphatic heterocycles. The number of hydrogen-bond acceptors (Lipinski definition) is 3. The van der Waals surface area contributed by atoms with Crippen molar-refractivity contribution in [3.8, 4) is 5.69 Å². The van der Waals surface area contributed by atoms with Crippen molar-refractivity contribution in [2.45, 2.75) is 6.92 Å². The summed E-state index contributed by atoms with van der Waals surface area (Å²) in [4.78, 5) is 10.0. The van der Waals surface area contributed by atoms with Crippen LogP contribution in [0.4, 0.5) is 5.69 Å². The highest BCUT2D eigenvalue weighted by atomic mass is 16.6. The number of hydrogen-bond donors (Lipinski definition) is 0. The molecule has 0 saturated carbocycles. The molecule has 1 aromatic heterocycles. The van der Waals surface area contributed by atoms with Gasteiger partial charge in [-0.25, -0.2) is 4.68 Å². The topological polar surface area (TPSA) is 61.0 Å². The summed E-state index contributed by atoms with van der Waals surface area (Å²) in [7, 11) is 0. The Hall–Kier alpha value is -2.17. The third-order valence-corrected chi connectivity index (χ3v) is 2.04. The van der Waals surface area contributed by atoms with Gasteiger partial charge in [-0.15, -0.1) is 0 Å². The van der Waals surface area contributed by atoms with E-state index in [1.807, 2.05) is 13.1 Å². The van der Waals surface area contributed by atoms with Gasteiger partial charge < -0.3 is 0 Å². The molecule has 76 valence electrons. The van der Waals surface area contributed by atoms with E-state index in [9.17, 15) is 10.1 Å². The van der Waals surface area contributed by atoms with Crippen LogP contribution in [0.2, 0.25) is 0 Å². The first kappa shape index (κ1) is 9.39. The molecule has 15 heavy (non-hydrogen) atoms. The molecule has 0 radical (unpaired) electrons. The van der Waals surface area contributed by atoms with Crippen LogP contribution < -0.4 is 0 Å². The number of nitrogens with zero attached hydrogens (tertiary/aromatic N) is 3. The van der Waals surface area contributed by atoms with Gasteiger partial charge in [-0.05, 0) is 24.6 Å². The van der Waals surface area contributed by atoms with Crippen molar-refractivity contribution < 1.29 is 4.92 Å². The molecule has 0 unspecified atom stereocenters. The molecular weight excluding hydrogens is 194 g/mol. The number of non-ortho nitro benzene ring substituents is 1. The molecular formula is C10H9N3O2. The molecule has 0 aliphatic rings. The number of rotatable bonds is 2. The maximum absolute atomic E-state index is 10.4. The molecule has 0 bridgehead atoms. The van der Waals surface area contributed by atoms with Gasteiger partial charge in [0, 0.05) is 18.3 Å². The van der Waals surface area contributed by atoms with Gasteiger partial charge in [-0.2, -0.15) is 5.10 Å². The average Bonchev–Trinajstić information content (AvgIpc) is 2.65. The van der Waals surface area contributed by atoms with E-state index in [0.29, 0.717) is 0 Å². The highest BCUT2D eigenvalue weighted by Crippen LogP contribution is 2.14. The number of nitro groups is 1. The van der Waals surface area contributed by atoms with Crippen LogP contribution in [0.5, 0.6) is 0 Å². The number of nitro benzene ring substituents is 1. The predicted octanol–water partition coefficient (Wildman–Crippen LogP) is 2.09. The molecule has 0 amide bonds. The number of benzene rings is 1. The third-order valence-electron chi connectivity index (χ3n) is 2.04. The maximum atomic E-state index is 10.4. The van der Waals surface area contributed by atoms with Gasteiger partial charge in [0.05, 0.1) is 16.8 Å². The van der Waals surface area contributed by atoms with Crippen LogP contribution in [0, 0.1) is 17.0 Å². The van der Waals surface area contributed by atoms with Gasteiger partial charge in [0.25, 0.3) is 5.69 Å². The molecule has 0 atom stereocenters. The van der Waals surface area contributed by atoms with Crippen molar-refractivity contribution in [1.29, 1.82) is 0 Å². The second-order valence-electron chi connectivity index (χ2n) is 3.24. The highest BCUT2D eigenvalue weighted by Gasteiger charge is 2.04. The average molecular weight is 203 g/mol. The number of aryl methyl sites for hydroxylation is 1. The van der Waals surface area contributed by atoms with Crippen molar-refractivity contribution >= 4 is 5.69 Å². The second-order valence-corrected chi connectivity index (χ2v) is 3.24. The molecule has 0 spiro atoms. The Morgan fingerprint density at radius 2 is 2.00 bits per heavy atom. The fraction of sp³-hybridized carbons (Fsp3) is 0.100. The van der Waals surface area contributed by atoms with E-state index >= 15 is 0 Å². The largest absolute Gasteiger partial charge is 0.269 e. The summed E-state index contributed by atoms with van der Waals surface area (Å²) in [6.45, 7) is 1.94. The summed E-state index contributed by atoms with van der Waals surface area (Å²) in [6.07, 6.45) is 3.60. The van der Waals surface area contributed by atoms with Crippen molar-refractivity contribution in [2.24, 2.45) is 0 Å². The zero-order chi connectivity index (χ0) is 10.8. The van der Waals surface area contributed by atoms with Crippen LogP contribution in [-0.4, -0.2) is 14.7 Å². The summed E-state index contributed by atoms with van der Waals surface area (Å²) in [5.41, 5.74) is 1.95. The summed E-state index contributed by atoms with van der Waals surface area (Å²) in [6, 6.07) is 6.27. The normalized spacial score (nSPS) is 10.2. The zero-order valence-electron chi connectivity index (χ0n) is 8.12. The Morgan fingerprint density at radius 1 is 1.33 bits per heavy atom. The molecule has 0 aliphatic carbocycles. The van der Waals surface area contributed by atoms with Crippen LogP contribution in [0.25, 0.3) is 5.69 Å². The minimum Gasteiger partial charge on any atom is -0.258 e. The SMILES string of the molecule is Cc1cnn(-c2ccc([N+](=O)[O-])cc2)c1. The molecule has 5 heteroatoms. The van der Waals surface area contributed by atoms with E-state index in [1.165, 1.54) is 12.1 Å². The fourth-order valence-corrected chi connectivity index (χ4v) is 1.28. The highest BCUT2D eigenvalue weighted by molar-refractivity contribution is 5.40. The van der Waals surface area contributed by atoms with Crippen LogP contribution in [0.15, 0.2) is 36.7 Å². The minimum atomic E-state index is -0.419. The number of aromatic nitrogens is 2. The van der Waals surface area contributed by atoms with Gasteiger partial charge in [0.2, 0.25) is 0 Å². The lowest BCUT2D eigenvalue weighted by Crippen LogP contribution is -1.94. The molecule has 0 fully saturated rings. The maximum Gasteiger partial charge on any atom is 0.269 e. The predicted molar refractivity (Wildman–Crippen MR) is 55.0 cm³/mol. The van der Waals surface area contributed by atoms with Gasteiger partial charge in [-0.3, -0.25) is 10.1 Å². The standard InChI is InChI=1S/C10H9N3O2/c1-8-6-11-12(7-8)9-2-4-10(5-3-9)13(14)15/h2-7H,1H3. The lowest BCUT2D eigenvalue weighted by Gasteiger charge is -1.99. The van der Waals surface area contributed by atoms with Crippen molar-refractivity contribution in [2.75, 3.05) is 0 Å². The molecule has 5 nitrogen and oxygen atoms in total. The molecule has 1 aromatic carbocycles. The Morgan fingerprint density at radius 3 is 2.47 bits per heavy atom. The quantitative estimate of drug-likeness (QED) is 0.554. The Labute approximate surface area is 86.1 Å². The third kappa shape index (κ3) is 1.85. The van der Waals surface area contributed by atoms with E-state index in [2.05, 4.69) is 5.10 Å². The first-order valence-electron chi connectivity index (χ1n) is 4.43. The lowest BCUT2D eigenvalue weighted by atomic mass is 10.3. The van der Waals surface area contributed by atoms with Gasteiger partial charge >= 0.3 is 0 Å². The van der Waals surface area contributed by atoms with Crippen LogP contribution in [0.1, 0.15) is 5.56 Å². The Bertz CT molecular complexity index is 488.